The summed E-state index contributed by atoms with van der Waals surface area (Å²) in [6.45, 7) is 7.22. The van der Waals surface area contributed by atoms with Crippen LogP contribution in [0.25, 0.3) is 5.69 Å². The summed E-state index contributed by atoms with van der Waals surface area (Å²) in [6.07, 6.45) is 3.92. The van der Waals surface area contributed by atoms with Crippen LogP contribution in [-0.2, 0) is 12.8 Å². The second kappa shape index (κ2) is 10.6. The van der Waals surface area contributed by atoms with E-state index in [4.69, 9.17) is 0 Å². The summed E-state index contributed by atoms with van der Waals surface area (Å²) in [5.74, 6) is 0.866. The molecule has 36 heavy (non-hydrogen) atoms. The summed E-state index contributed by atoms with van der Waals surface area (Å²) >= 11 is 0. The number of aryl methyl sites for hydroxylation is 3. The Morgan fingerprint density at radius 3 is 2.44 bits per heavy atom. The Labute approximate surface area is 214 Å². The number of rotatable bonds is 10. The summed E-state index contributed by atoms with van der Waals surface area (Å²) in [4.78, 5) is 13.5. The highest BCUT2D eigenvalue weighted by Crippen LogP contribution is 2.30. The lowest BCUT2D eigenvalue weighted by atomic mass is 9.95. The summed E-state index contributed by atoms with van der Waals surface area (Å²) in [5, 5.41) is 8.44. The molecule has 0 radical (unpaired) electrons. The average molecular weight is 478 g/mol. The lowest BCUT2D eigenvalue weighted by Gasteiger charge is -2.21. The summed E-state index contributed by atoms with van der Waals surface area (Å²) in [5.41, 5.74) is 8.38. The minimum Gasteiger partial charge on any atom is -0.306 e. The van der Waals surface area contributed by atoms with Gasteiger partial charge in [0.15, 0.2) is 5.78 Å². The van der Waals surface area contributed by atoms with Crippen molar-refractivity contribution >= 4 is 5.78 Å². The molecule has 4 nitrogen and oxygen atoms in total. The van der Waals surface area contributed by atoms with E-state index >= 15 is 0 Å². The fraction of sp³-hybridized carbons (Fsp3) is 0.312. The molecule has 1 aromatic heterocycles. The van der Waals surface area contributed by atoms with E-state index in [1.54, 1.807) is 4.68 Å². The highest BCUT2D eigenvalue weighted by Gasteiger charge is 2.24. The molecule has 1 aliphatic carbocycles. The molecule has 1 atom stereocenters. The number of carbonyl (C=O) groups excluding carboxylic acids is 1. The predicted octanol–water partition coefficient (Wildman–Crippen LogP) is 6.57. The van der Waals surface area contributed by atoms with Gasteiger partial charge in [0, 0.05) is 6.42 Å². The van der Waals surface area contributed by atoms with Gasteiger partial charge in [-0.1, -0.05) is 73.2 Å². The normalized spacial score (nSPS) is 14.1. The second-order valence-corrected chi connectivity index (χ2v) is 10.1. The van der Waals surface area contributed by atoms with Gasteiger partial charge >= 0.3 is 0 Å². The second-order valence-electron chi connectivity index (χ2n) is 10.1. The van der Waals surface area contributed by atoms with Crippen LogP contribution >= 0.6 is 0 Å². The Bertz CT molecular complexity index is 1350. The lowest BCUT2D eigenvalue weighted by Crippen LogP contribution is -2.24. The molecule has 1 saturated carbocycles. The van der Waals surface area contributed by atoms with Crippen LogP contribution in [0.5, 0.6) is 0 Å². The molecule has 0 bridgehead atoms. The Hall–Kier alpha value is -3.50. The van der Waals surface area contributed by atoms with Gasteiger partial charge in [-0.15, -0.1) is 0 Å². The molecule has 1 heterocycles. The zero-order valence-electron chi connectivity index (χ0n) is 21.5. The zero-order chi connectivity index (χ0) is 25.1. The Kier molecular flexibility index (Phi) is 7.15. The van der Waals surface area contributed by atoms with E-state index < -0.39 is 0 Å². The van der Waals surface area contributed by atoms with Crippen molar-refractivity contribution in [3.8, 4) is 5.69 Å². The van der Waals surface area contributed by atoms with Crippen LogP contribution in [0.2, 0.25) is 0 Å². The van der Waals surface area contributed by atoms with E-state index in [-0.39, 0.29) is 11.8 Å². The molecule has 0 aliphatic heterocycles. The molecule has 0 spiro atoms. The molecule has 5 rings (SSSR count). The SMILES string of the molecule is CCc1cccc(-n2nc(C)cc2C(=O)Cc2cccc(C(NCC3CC3)c3ccc(C)cc3)c2)c1. The Balaban J connectivity index is 1.40. The topological polar surface area (TPSA) is 46.9 Å². The third kappa shape index (κ3) is 5.66. The van der Waals surface area contributed by atoms with E-state index in [0.717, 1.165) is 35.8 Å². The third-order valence-corrected chi connectivity index (χ3v) is 7.05. The van der Waals surface area contributed by atoms with Gasteiger partial charge in [0.25, 0.3) is 0 Å². The summed E-state index contributed by atoms with van der Waals surface area (Å²) in [6, 6.07) is 27.5. The molecule has 1 N–H and O–H groups in total. The molecule has 0 saturated heterocycles. The molecule has 1 unspecified atom stereocenters. The third-order valence-electron chi connectivity index (χ3n) is 7.05. The number of carbonyl (C=O) groups is 1. The van der Waals surface area contributed by atoms with Gasteiger partial charge in [0.1, 0.15) is 5.69 Å². The fourth-order valence-electron chi connectivity index (χ4n) is 4.76. The molecule has 1 aliphatic rings. The molecule has 3 aromatic carbocycles. The fourth-order valence-corrected chi connectivity index (χ4v) is 4.76. The molecule has 184 valence electrons. The van der Waals surface area contributed by atoms with Crippen LogP contribution in [-0.4, -0.2) is 22.1 Å². The largest absolute Gasteiger partial charge is 0.306 e. The van der Waals surface area contributed by atoms with Gasteiger partial charge < -0.3 is 5.32 Å². The molecule has 4 heteroatoms. The maximum absolute atomic E-state index is 13.5. The van der Waals surface area contributed by atoms with Gasteiger partial charge in [0.2, 0.25) is 0 Å². The molecular formula is C32H35N3O. The lowest BCUT2D eigenvalue weighted by molar-refractivity contribution is 0.0985. The van der Waals surface area contributed by atoms with Crippen LogP contribution in [0.4, 0.5) is 0 Å². The first kappa shape index (κ1) is 24.2. The first-order chi connectivity index (χ1) is 17.5. The van der Waals surface area contributed by atoms with Crippen LogP contribution in [0.3, 0.4) is 0 Å². The van der Waals surface area contributed by atoms with Gasteiger partial charge in [-0.3, -0.25) is 4.79 Å². The molecule has 0 amide bonds. The Morgan fingerprint density at radius 2 is 1.69 bits per heavy atom. The minimum absolute atomic E-state index is 0.0764. The van der Waals surface area contributed by atoms with E-state index in [2.05, 4.69) is 84.9 Å². The van der Waals surface area contributed by atoms with E-state index in [1.165, 1.54) is 35.1 Å². The number of nitrogens with zero attached hydrogens (tertiary/aromatic N) is 2. The summed E-state index contributed by atoms with van der Waals surface area (Å²) < 4.78 is 1.80. The highest BCUT2D eigenvalue weighted by atomic mass is 16.1. The quantitative estimate of drug-likeness (QED) is 0.263. The number of benzene rings is 3. The first-order valence-corrected chi connectivity index (χ1v) is 13.1. The van der Waals surface area contributed by atoms with Crippen LogP contribution in [0.1, 0.15) is 69.8 Å². The van der Waals surface area contributed by atoms with Crippen molar-refractivity contribution < 1.29 is 4.79 Å². The maximum atomic E-state index is 13.5. The van der Waals surface area contributed by atoms with E-state index in [0.29, 0.717) is 12.1 Å². The monoisotopic (exact) mass is 477 g/mol. The van der Waals surface area contributed by atoms with Gasteiger partial charge in [-0.05, 0) is 86.0 Å². The number of hydrogen-bond donors (Lipinski definition) is 1. The molecule has 1 fully saturated rings. The van der Waals surface area contributed by atoms with Crippen molar-refractivity contribution in [1.29, 1.82) is 0 Å². The smallest absolute Gasteiger partial charge is 0.185 e. The molecule has 4 aromatic rings. The number of aromatic nitrogens is 2. The average Bonchev–Trinajstić information content (AvgIpc) is 3.64. The van der Waals surface area contributed by atoms with Crippen molar-refractivity contribution in [2.24, 2.45) is 5.92 Å². The van der Waals surface area contributed by atoms with Crippen molar-refractivity contribution in [3.05, 3.63) is 118 Å². The van der Waals surface area contributed by atoms with Crippen molar-refractivity contribution in [2.45, 2.75) is 52.5 Å². The predicted molar refractivity (Wildman–Crippen MR) is 146 cm³/mol. The zero-order valence-corrected chi connectivity index (χ0v) is 21.5. The van der Waals surface area contributed by atoms with Gasteiger partial charge in [-0.2, -0.15) is 5.10 Å². The first-order valence-electron chi connectivity index (χ1n) is 13.1. The standard InChI is InChI=1S/C32H35N3O/c1-4-24-7-6-10-29(19-24)35-30(17-23(3)34-35)31(36)20-26-8-5-9-28(18-26)32(33-21-25-13-14-25)27-15-11-22(2)12-16-27/h5-12,15-19,25,32-33H,4,13-14,20-21H2,1-3H3. The van der Waals surface area contributed by atoms with Gasteiger partial charge in [-0.25, -0.2) is 4.68 Å². The number of hydrogen-bond acceptors (Lipinski definition) is 3. The molecular weight excluding hydrogens is 442 g/mol. The number of Topliss-reactive ketones (excluding diaryl/α,β-unsaturated/α-hetero) is 1. The van der Waals surface area contributed by atoms with Crippen molar-refractivity contribution in [1.82, 2.24) is 15.1 Å². The van der Waals surface area contributed by atoms with Crippen LogP contribution < -0.4 is 5.32 Å². The van der Waals surface area contributed by atoms with E-state index in [1.807, 2.05) is 25.1 Å². The number of nitrogens with one attached hydrogen (secondary N) is 1. The van der Waals surface area contributed by atoms with E-state index in [9.17, 15) is 4.79 Å². The van der Waals surface area contributed by atoms with Crippen molar-refractivity contribution in [3.63, 3.8) is 0 Å². The maximum Gasteiger partial charge on any atom is 0.185 e. The number of ketones is 1. The van der Waals surface area contributed by atoms with Gasteiger partial charge in [0.05, 0.1) is 17.4 Å². The van der Waals surface area contributed by atoms with Crippen LogP contribution in [0, 0.1) is 19.8 Å². The summed E-state index contributed by atoms with van der Waals surface area (Å²) in [7, 11) is 0. The highest BCUT2D eigenvalue weighted by molar-refractivity contribution is 5.96. The Morgan fingerprint density at radius 1 is 0.944 bits per heavy atom. The van der Waals surface area contributed by atoms with Crippen molar-refractivity contribution in [2.75, 3.05) is 6.54 Å². The van der Waals surface area contributed by atoms with Crippen LogP contribution in [0.15, 0.2) is 78.9 Å². The minimum atomic E-state index is 0.0764.